The lowest BCUT2D eigenvalue weighted by atomic mass is 9.90. The van der Waals surface area contributed by atoms with Crippen LogP contribution in [-0.2, 0) is 4.79 Å². The zero-order chi connectivity index (χ0) is 14.4. The molecule has 0 spiro atoms. The Hall–Kier alpha value is -1.75. The summed E-state index contributed by atoms with van der Waals surface area (Å²) in [5, 5.41) is 12.0. The first-order chi connectivity index (χ1) is 9.70. The zero-order valence-electron chi connectivity index (χ0n) is 11.7. The van der Waals surface area contributed by atoms with Crippen LogP contribution in [-0.4, -0.2) is 37.9 Å². The maximum absolute atomic E-state index is 10.5. The average Bonchev–Trinajstić information content (AvgIpc) is 2.48. The molecule has 0 unspecified atom stereocenters. The molecule has 0 aromatic heterocycles. The highest BCUT2D eigenvalue weighted by atomic mass is 16.5. The van der Waals surface area contributed by atoms with E-state index < -0.39 is 5.97 Å². The van der Waals surface area contributed by atoms with Crippen molar-refractivity contribution in [2.24, 2.45) is 0 Å². The fourth-order valence-corrected chi connectivity index (χ4v) is 2.46. The third kappa shape index (κ3) is 3.87. The van der Waals surface area contributed by atoms with Crippen molar-refractivity contribution in [1.29, 1.82) is 0 Å². The van der Waals surface area contributed by atoms with Gasteiger partial charge in [-0.15, -0.1) is 0 Å². The van der Waals surface area contributed by atoms with Crippen LogP contribution in [0, 0.1) is 0 Å². The van der Waals surface area contributed by atoms with Crippen molar-refractivity contribution in [3.05, 3.63) is 23.8 Å². The van der Waals surface area contributed by atoms with Gasteiger partial charge in [-0.3, -0.25) is 4.79 Å². The van der Waals surface area contributed by atoms with E-state index in [1.54, 1.807) is 7.11 Å². The van der Waals surface area contributed by atoms with Crippen molar-refractivity contribution in [1.82, 2.24) is 5.32 Å². The fraction of sp³-hybridized carbons (Fsp3) is 0.533. The topological polar surface area (TPSA) is 67.8 Å². The van der Waals surface area contributed by atoms with E-state index in [9.17, 15) is 4.79 Å². The van der Waals surface area contributed by atoms with E-state index in [1.807, 2.05) is 12.1 Å². The molecule has 1 fully saturated rings. The molecule has 0 atom stereocenters. The second-order valence-corrected chi connectivity index (χ2v) is 4.93. The lowest BCUT2D eigenvalue weighted by molar-refractivity contribution is -0.137. The van der Waals surface area contributed by atoms with Gasteiger partial charge in [0.2, 0.25) is 0 Å². The third-order valence-corrected chi connectivity index (χ3v) is 3.57. The number of carboxylic acids is 1. The predicted molar refractivity (Wildman–Crippen MR) is 75.6 cm³/mol. The van der Waals surface area contributed by atoms with Crippen LogP contribution in [0.1, 0.15) is 30.7 Å². The van der Waals surface area contributed by atoms with Crippen molar-refractivity contribution < 1.29 is 19.4 Å². The largest absolute Gasteiger partial charge is 0.493 e. The van der Waals surface area contributed by atoms with Gasteiger partial charge in [-0.1, -0.05) is 6.07 Å². The number of carboxylic acid groups (broad SMARTS) is 1. The van der Waals surface area contributed by atoms with E-state index in [4.69, 9.17) is 14.6 Å². The van der Waals surface area contributed by atoms with Gasteiger partial charge in [0.1, 0.15) is 0 Å². The number of hydrogen-bond acceptors (Lipinski definition) is 4. The lowest BCUT2D eigenvalue weighted by Crippen LogP contribution is -2.26. The molecule has 0 saturated carbocycles. The molecule has 0 aliphatic carbocycles. The minimum absolute atomic E-state index is 0.0147. The zero-order valence-corrected chi connectivity index (χ0v) is 11.7. The van der Waals surface area contributed by atoms with Crippen molar-refractivity contribution in [2.45, 2.75) is 25.2 Å². The smallest absolute Gasteiger partial charge is 0.306 e. The van der Waals surface area contributed by atoms with Gasteiger partial charge in [-0.25, -0.2) is 0 Å². The summed E-state index contributed by atoms with van der Waals surface area (Å²) in [6.45, 7) is 2.24. The molecule has 0 amide bonds. The summed E-state index contributed by atoms with van der Waals surface area (Å²) in [5.74, 6) is 0.964. The van der Waals surface area contributed by atoms with Gasteiger partial charge < -0.3 is 19.9 Å². The molecule has 1 aromatic rings. The normalized spacial score (nSPS) is 15.8. The Morgan fingerprint density at radius 3 is 2.75 bits per heavy atom. The van der Waals surface area contributed by atoms with Gasteiger partial charge >= 0.3 is 5.97 Å². The van der Waals surface area contributed by atoms with E-state index in [0.717, 1.165) is 25.9 Å². The molecule has 1 aliphatic rings. The standard InChI is InChI=1S/C15H21NO4/c1-19-14-10-12(11-4-7-16-8-5-11)2-3-13(14)20-9-6-15(17)18/h2-3,10-11,16H,4-9H2,1H3,(H,17,18). The summed E-state index contributed by atoms with van der Waals surface area (Å²) in [6, 6.07) is 5.93. The Labute approximate surface area is 118 Å². The van der Waals surface area contributed by atoms with Crippen molar-refractivity contribution in [3.63, 3.8) is 0 Å². The molecular weight excluding hydrogens is 258 g/mol. The first-order valence-electron chi connectivity index (χ1n) is 6.94. The summed E-state index contributed by atoms with van der Waals surface area (Å²) in [6.07, 6.45) is 2.24. The van der Waals surface area contributed by atoms with Gasteiger partial charge in [0.05, 0.1) is 20.1 Å². The Kier molecular flexibility index (Phi) is 5.24. The van der Waals surface area contributed by atoms with E-state index in [-0.39, 0.29) is 13.0 Å². The lowest BCUT2D eigenvalue weighted by Gasteiger charge is -2.23. The Morgan fingerprint density at radius 2 is 2.10 bits per heavy atom. The summed E-state index contributed by atoms with van der Waals surface area (Å²) >= 11 is 0. The molecule has 5 heteroatoms. The van der Waals surface area contributed by atoms with Gasteiger partial charge in [0, 0.05) is 0 Å². The van der Waals surface area contributed by atoms with E-state index in [1.165, 1.54) is 5.56 Å². The monoisotopic (exact) mass is 279 g/mol. The third-order valence-electron chi connectivity index (χ3n) is 3.57. The molecule has 1 aromatic carbocycles. The van der Waals surface area contributed by atoms with Crippen LogP contribution in [0.4, 0.5) is 0 Å². The van der Waals surface area contributed by atoms with Crippen LogP contribution in [0.5, 0.6) is 11.5 Å². The van der Waals surface area contributed by atoms with Crippen LogP contribution in [0.15, 0.2) is 18.2 Å². The number of methoxy groups -OCH3 is 1. The molecule has 5 nitrogen and oxygen atoms in total. The summed E-state index contributed by atoms with van der Waals surface area (Å²) in [7, 11) is 1.60. The Bertz CT molecular complexity index is 455. The number of nitrogens with one attached hydrogen (secondary N) is 1. The molecule has 0 radical (unpaired) electrons. The number of aliphatic carboxylic acids is 1. The summed E-state index contributed by atoms with van der Waals surface area (Å²) in [5.41, 5.74) is 1.26. The van der Waals surface area contributed by atoms with Gasteiger partial charge in [-0.05, 0) is 49.5 Å². The van der Waals surface area contributed by atoms with Crippen LogP contribution in [0.25, 0.3) is 0 Å². The molecule has 0 bridgehead atoms. The van der Waals surface area contributed by atoms with E-state index in [0.29, 0.717) is 17.4 Å². The SMILES string of the molecule is COc1cc(C2CCNCC2)ccc1OCCC(=O)O. The predicted octanol–water partition coefficient (Wildman–Crippen LogP) is 2.02. The van der Waals surface area contributed by atoms with Gasteiger partial charge in [0.25, 0.3) is 0 Å². The average molecular weight is 279 g/mol. The maximum Gasteiger partial charge on any atom is 0.306 e. The van der Waals surface area contributed by atoms with Crippen molar-refractivity contribution >= 4 is 5.97 Å². The maximum atomic E-state index is 10.5. The van der Waals surface area contributed by atoms with E-state index >= 15 is 0 Å². The van der Waals surface area contributed by atoms with Crippen molar-refractivity contribution in [2.75, 3.05) is 26.8 Å². The fourth-order valence-electron chi connectivity index (χ4n) is 2.46. The molecule has 1 heterocycles. The molecule has 2 rings (SSSR count). The number of carbonyl (C=O) groups is 1. The van der Waals surface area contributed by atoms with Crippen LogP contribution in [0.2, 0.25) is 0 Å². The minimum atomic E-state index is -0.865. The number of ether oxygens (including phenoxy) is 2. The van der Waals surface area contributed by atoms with Crippen LogP contribution >= 0.6 is 0 Å². The first kappa shape index (κ1) is 14.7. The Balaban J connectivity index is 2.04. The molecule has 20 heavy (non-hydrogen) atoms. The molecule has 2 N–H and O–H groups in total. The second kappa shape index (κ2) is 7.14. The number of piperidine rings is 1. The van der Waals surface area contributed by atoms with E-state index in [2.05, 4.69) is 11.4 Å². The molecule has 1 aliphatic heterocycles. The highest BCUT2D eigenvalue weighted by molar-refractivity contribution is 5.66. The van der Waals surface area contributed by atoms with Gasteiger partial charge in [-0.2, -0.15) is 0 Å². The van der Waals surface area contributed by atoms with Gasteiger partial charge in [0.15, 0.2) is 11.5 Å². The summed E-state index contributed by atoms with van der Waals surface area (Å²) in [4.78, 5) is 10.5. The molecule has 1 saturated heterocycles. The summed E-state index contributed by atoms with van der Waals surface area (Å²) < 4.78 is 10.8. The quantitative estimate of drug-likeness (QED) is 0.834. The first-order valence-corrected chi connectivity index (χ1v) is 6.94. The Morgan fingerprint density at radius 1 is 1.35 bits per heavy atom. The second-order valence-electron chi connectivity index (χ2n) is 4.93. The number of benzene rings is 1. The highest BCUT2D eigenvalue weighted by Gasteiger charge is 2.17. The van der Waals surface area contributed by atoms with Crippen LogP contribution in [0.3, 0.4) is 0 Å². The molecular formula is C15H21NO4. The highest BCUT2D eigenvalue weighted by Crippen LogP contribution is 2.33. The minimum Gasteiger partial charge on any atom is -0.493 e. The molecule has 110 valence electrons. The number of hydrogen-bond donors (Lipinski definition) is 2. The number of rotatable bonds is 6. The van der Waals surface area contributed by atoms with Crippen molar-refractivity contribution in [3.8, 4) is 11.5 Å². The van der Waals surface area contributed by atoms with Crippen LogP contribution < -0.4 is 14.8 Å².